The second-order valence-corrected chi connectivity index (χ2v) is 4.79. The van der Waals surface area contributed by atoms with Gasteiger partial charge in [-0.2, -0.15) is 0 Å². The van der Waals surface area contributed by atoms with E-state index in [0.717, 1.165) is 0 Å². The van der Waals surface area contributed by atoms with Crippen LogP contribution in [0.5, 0.6) is 0 Å². The average Bonchev–Trinajstić information content (AvgIpc) is 2.59. The number of hydrogen-bond donors (Lipinski definition) is 0. The quantitative estimate of drug-likeness (QED) is 0.675. The molecule has 12 heavy (non-hydrogen) atoms. The molecule has 0 amide bonds. The van der Waals surface area contributed by atoms with Gasteiger partial charge in [-0.15, -0.1) is 0 Å². The zero-order valence-corrected chi connectivity index (χ0v) is 8.17. The first kappa shape index (κ1) is 7.91. The van der Waals surface area contributed by atoms with E-state index in [-0.39, 0.29) is 16.3 Å². The molecule has 0 saturated carbocycles. The monoisotopic (exact) mass is 193 g/mol. The van der Waals surface area contributed by atoms with Crippen molar-refractivity contribution in [3.63, 3.8) is 0 Å². The van der Waals surface area contributed by atoms with Crippen LogP contribution in [0.4, 0.5) is 0 Å². The van der Waals surface area contributed by atoms with Crippen LogP contribution in [-0.4, -0.2) is 0 Å². The second kappa shape index (κ2) is 3.79. The fourth-order valence-electron chi connectivity index (χ4n) is 1.19. The third-order valence-corrected chi connectivity index (χ3v) is 3.62. The van der Waals surface area contributed by atoms with Crippen LogP contribution in [0.2, 0.25) is 0 Å². The van der Waals surface area contributed by atoms with Crippen LogP contribution in [0.25, 0.3) is 0 Å². The van der Waals surface area contributed by atoms with Crippen LogP contribution in [0.1, 0.15) is 6.42 Å². The van der Waals surface area contributed by atoms with Crippen LogP contribution in [0.3, 0.4) is 0 Å². The Bertz CT molecular complexity index is 309. The summed E-state index contributed by atoms with van der Waals surface area (Å²) in [5.41, 5.74) is 0. The van der Waals surface area contributed by atoms with E-state index in [4.69, 9.17) is 0 Å². The summed E-state index contributed by atoms with van der Waals surface area (Å²) >= 11 is 0.267. The zero-order valence-electron chi connectivity index (χ0n) is 6.77. The van der Waals surface area contributed by atoms with Crippen LogP contribution in [0, 0.1) is 0 Å². The van der Waals surface area contributed by atoms with E-state index < -0.39 is 0 Å². The summed E-state index contributed by atoms with van der Waals surface area (Å²) in [6.45, 7) is 0. The molecule has 59 valence electrons. The first-order valence-electron chi connectivity index (χ1n) is 4.08. The van der Waals surface area contributed by atoms with Gasteiger partial charge in [0.05, 0.1) is 0 Å². The van der Waals surface area contributed by atoms with Gasteiger partial charge in [0.25, 0.3) is 0 Å². The summed E-state index contributed by atoms with van der Waals surface area (Å²) < 4.78 is 3.11. The van der Waals surface area contributed by atoms with Crippen LogP contribution < -0.4 is 4.28 Å². The molecule has 1 aliphatic carbocycles. The van der Waals surface area contributed by atoms with Crippen LogP contribution >= 0.6 is 0 Å². The van der Waals surface area contributed by atoms with Gasteiger partial charge in [0, 0.05) is 0 Å². The van der Waals surface area contributed by atoms with Gasteiger partial charge in [0.1, 0.15) is 0 Å². The number of allylic oxidation sites excluding steroid dienone is 4. The molecule has 0 fully saturated rings. The molecule has 1 heteroatoms. The van der Waals surface area contributed by atoms with Crippen molar-refractivity contribution < 1.29 is 16.3 Å². The molecule has 0 bridgehead atoms. The molecule has 0 nitrogen and oxygen atoms in total. The average molecular weight is 193 g/mol. The molecule has 0 unspecified atom stereocenters. The Morgan fingerprint density at radius 3 is 2.58 bits per heavy atom. The number of hydrogen-bond acceptors (Lipinski definition) is 0. The molecule has 0 heterocycles. The van der Waals surface area contributed by atoms with Gasteiger partial charge in [-0.3, -0.25) is 0 Å². The van der Waals surface area contributed by atoms with Crippen molar-refractivity contribution in [2.75, 3.05) is 0 Å². The fourth-order valence-corrected chi connectivity index (χ4v) is 2.76. The van der Waals surface area contributed by atoms with Gasteiger partial charge < -0.3 is 0 Å². The molecule has 1 aromatic rings. The van der Waals surface area contributed by atoms with Gasteiger partial charge in [-0.05, 0) is 0 Å². The summed E-state index contributed by atoms with van der Waals surface area (Å²) in [5, 5.41) is 0. The SMILES string of the molecule is C1=CC[C]([V][c]2ccccc2)=C1. The van der Waals surface area contributed by atoms with E-state index in [2.05, 4.69) is 48.6 Å². The van der Waals surface area contributed by atoms with Gasteiger partial charge in [0.2, 0.25) is 0 Å². The standard InChI is InChI=1S/C6H5.C5H5.V/c1-2-4-6-5-3-1;1-2-4-5-3-1;/h1-5H;1-3H,4H2;. The summed E-state index contributed by atoms with van der Waals surface area (Å²) in [7, 11) is 0. The van der Waals surface area contributed by atoms with Gasteiger partial charge in [0.15, 0.2) is 0 Å². The molecular formula is C11H10V. The van der Waals surface area contributed by atoms with Crippen molar-refractivity contribution in [2.45, 2.75) is 6.42 Å². The number of benzene rings is 1. The van der Waals surface area contributed by atoms with Crippen molar-refractivity contribution >= 4 is 4.28 Å². The summed E-state index contributed by atoms with van der Waals surface area (Å²) in [6.07, 6.45) is 7.82. The molecule has 0 radical (unpaired) electrons. The molecule has 2 rings (SSSR count). The Hall–Kier alpha value is -0.716. The van der Waals surface area contributed by atoms with Crippen LogP contribution in [-0.2, 0) is 16.3 Å². The molecule has 0 spiro atoms. The fraction of sp³-hybridized carbons (Fsp3) is 0.0909. The first-order chi connectivity index (χ1) is 5.95. The van der Waals surface area contributed by atoms with Crippen LogP contribution in [0.15, 0.2) is 52.8 Å². The van der Waals surface area contributed by atoms with E-state index in [1.165, 1.54) is 10.7 Å². The van der Waals surface area contributed by atoms with E-state index in [9.17, 15) is 0 Å². The van der Waals surface area contributed by atoms with Crippen molar-refractivity contribution in [1.82, 2.24) is 0 Å². The maximum absolute atomic E-state index is 2.26. The van der Waals surface area contributed by atoms with Crippen molar-refractivity contribution in [2.24, 2.45) is 0 Å². The third kappa shape index (κ3) is 1.91. The molecule has 1 aliphatic rings. The number of rotatable bonds is 2. The zero-order chi connectivity index (χ0) is 8.23. The van der Waals surface area contributed by atoms with E-state index in [1.54, 1.807) is 4.28 Å². The summed E-state index contributed by atoms with van der Waals surface area (Å²) in [6, 6.07) is 10.8. The van der Waals surface area contributed by atoms with E-state index in [1.807, 2.05) is 0 Å². The topological polar surface area (TPSA) is 0 Å². The Morgan fingerprint density at radius 2 is 1.92 bits per heavy atom. The van der Waals surface area contributed by atoms with Gasteiger partial charge in [-0.1, -0.05) is 0 Å². The summed E-state index contributed by atoms with van der Waals surface area (Å²) in [5.74, 6) is 0. The molecule has 0 aliphatic heterocycles. The molecule has 1 aromatic carbocycles. The second-order valence-electron chi connectivity index (χ2n) is 2.74. The molecule has 0 saturated heterocycles. The minimum absolute atomic E-state index is 0.267. The Kier molecular flexibility index (Phi) is 2.50. The minimum atomic E-state index is 0.267. The van der Waals surface area contributed by atoms with Crippen molar-refractivity contribution in [3.8, 4) is 0 Å². The molecule has 0 atom stereocenters. The summed E-state index contributed by atoms with van der Waals surface area (Å²) in [4.78, 5) is 0. The normalized spacial score (nSPS) is 14.5. The first-order valence-corrected chi connectivity index (χ1v) is 5.47. The third-order valence-electron chi connectivity index (χ3n) is 1.78. The van der Waals surface area contributed by atoms with E-state index in [0.29, 0.717) is 0 Å². The molecular weight excluding hydrogens is 183 g/mol. The Morgan fingerprint density at radius 1 is 1.08 bits per heavy atom. The Balaban J connectivity index is 2.05. The maximum atomic E-state index is 2.26. The predicted octanol–water partition coefficient (Wildman–Crippen LogP) is 2.24. The Labute approximate surface area is 80.0 Å². The van der Waals surface area contributed by atoms with Crippen molar-refractivity contribution in [1.29, 1.82) is 0 Å². The van der Waals surface area contributed by atoms with Gasteiger partial charge >= 0.3 is 79.8 Å². The predicted molar refractivity (Wildman–Crippen MR) is 47.9 cm³/mol. The molecule has 0 N–H and O–H groups in total. The van der Waals surface area contributed by atoms with Gasteiger partial charge in [-0.25, -0.2) is 0 Å². The van der Waals surface area contributed by atoms with Crippen molar-refractivity contribution in [3.05, 3.63) is 52.8 Å². The molecule has 0 aromatic heterocycles. The van der Waals surface area contributed by atoms with E-state index >= 15 is 0 Å².